The van der Waals surface area contributed by atoms with Crippen LogP contribution in [0.1, 0.15) is 19.8 Å². The van der Waals surface area contributed by atoms with E-state index in [0.717, 1.165) is 12.0 Å². The fourth-order valence-corrected chi connectivity index (χ4v) is 2.29. The van der Waals surface area contributed by atoms with E-state index in [1.807, 2.05) is 37.3 Å². The topological polar surface area (TPSA) is 29.1 Å². The predicted octanol–water partition coefficient (Wildman–Crippen LogP) is 4.99. The summed E-state index contributed by atoms with van der Waals surface area (Å²) in [5.41, 5.74) is 1.77. The van der Waals surface area contributed by atoms with Crippen LogP contribution >= 0.6 is 15.9 Å². The van der Waals surface area contributed by atoms with E-state index >= 15 is 0 Å². The summed E-state index contributed by atoms with van der Waals surface area (Å²) < 4.78 is 14.6. The molecule has 20 heavy (non-hydrogen) atoms. The Morgan fingerprint density at radius 2 is 1.90 bits per heavy atom. The first-order valence-electron chi connectivity index (χ1n) is 6.46. The van der Waals surface area contributed by atoms with Crippen molar-refractivity contribution in [2.45, 2.75) is 19.8 Å². The Labute approximate surface area is 126 Å². The van der Waals surface area contributed by atoms with Crippen LogP contribution in [0.15, 0.2) is 46.9 Å². The van der Waals surface area contributed by atoms with Crippen molar-refractivity contribution in [2.75, 3.05) is 5.32 Å². The first-order chi connectivity index (χ1) is 9.63. The minimum atomic E-state index is -0.448. The number of hydrogen-bond donors (Lipinski definition) is 1. The molecule has 0 radical (unpaired) electrons. The van der Waals surface area contributed by atoms with Crippen molar-refractivity contribution >= 4 is 27.5 Å². The Morgan fingerprint density at radius 1 is 1.20 bits per heavy atom. The zero-order valence-electron chi connectivity index (χ0n) is 11.1. The largest absolute Gasteiger partial charge is 0.323 e. The number of carbonyl (C=O) groups is 1. The molecule has 0 fully saturated rings. The molecule has 0 spiro atoms. The van der Waals surface area contributed by atoms with Gasteiger partial charge in [-0.05, 0) is 34.0 Å². The first kappa shape index (κ1) is 14.7. The monoisotopic (exact) mass is 335 g/mol. The summed E-state index contributed by atoms with van der Waals surface area (Å²) in [7, 11) is 0. The molecule has 0 unspecified atom stereocenters. The minimum absolute atomic E-state index is 0.179. The van der Waals surface area contributed by atoms with Crippen LogP contribution in [0.4, 0.5) is 10.1 Å². The predicted molar refractivity (Wildman–Crippen MR) is 83.1 cm³/mol. The molecule has 2 aromatic rings. The van der Waals surface area contributed by atoms with Crippen molar-refractivity contribution in [2.24, 2.45) is 0 Å². The lowest BCUT2D eigenvalue weighted by atomic mass is 10.0. The molecule has 2 nitrogen and oxygen atoms in total. The quantitative estimate of drug-likeness (QED) is 0.837. The van der Waals surface area contributed by atoms with Gasteiger partial charge in [0.2, 0.25) is 5.91 Å². The van der Waals surface area contributed by atoms with Gasteiger partial charge in [-0.15, -0.1) is 0 Å². The fourth-order valence-electron chi connectivity index (χ4n) is 1.96. The second-order valence-corrected chi connectivity index (χ2v) is 5.30. The normalized spacial score (nSPS) is 10.3. The number of anilines is 1. The zero-order valence-corrected chi connectivity index (χ0v) is 12.7. The molecule has 104 valence electrons. The molecule has 0 aliphatic carbocycles. The van der Waals surface area contributed by atoms with Gasteiger partial charge in [0.1, 0.15) is 0 Å². The minimum Gasteiger partial charge on any atom is -0.323 e. The maximum atomic E-state index is 14.3. The van der Waals surface area contributed by atoms with Gasteiger partial charge in [0.25, 0.3) is 0 Å². The van der Waals surface area contributed by atoms with Gasteiger partial charge in [-0.1, -0.05) is 43.3 Å². The first-order valence-corrected chi connectivity index (χ1v) is 7.26. The van der Waals surface area contributed by atoms with Gasteiger partial charge in [-0.2, -0.15) is 0 Å². The Balaban J connectivity index is 2.47. The highest BCUT2D eigenvalue weighted by atomic mass is 79.9. The molecule has 0 heterocycles. The summed E-state index contributed by atoms with van der Waals surface area (Å²) in [5.74, 6) is -0.627. The van der Waals surface area contributed by atoms with Crippen LogP contribution in [-0.4, -0.2) is 5.91 Å². The van der Waals surface area contributed by atoms with Crippen LogP contribution in [0.3, 0.4) is 0 Å². The smallest absolute Gasteiger partial charge is 0.224 e. The van der Waals surface area contributed by atoms with Crippen molar-refractivity contribution in [3.63, 3.8) is 0 Å². The van der Waals surface area contributed by atoms with Gasteiger partial charge in [-0.25, -0.2) is 4.39 Å². The molecule has 1 N–H and O–H groups in total. The van der Waals surface area contributed by atoms with Crippen molar-refractivity contribution in [1.29, 1.82) is 0 Å². The highest BCUT2D eigenvalue weighted by molar-refractivity contribution is 9.10. The number of rotatable bonds is 4. The van der Waals surface area contributed by atoms with Gasteiger partial charge < -0.3 is 5.32 Å². The van der Waals surface area contributed by atoms with Crippen molar-refractivity contribution in [3.8, 4) is 11.1 Å². The third-order valence-corrected chi connectivity index (χ3v) is 3.53. The molecule has 1 amide bonds. The van der Waals surface area contributed by atoms with E-state index in [4.69, 9.17) is 0 Å². The lowest BCUT2D eigenvalue weighted by Crippen LogP contribution is -2.13. The second-order valence-electron chi connectivity index (χ2n) is 4.45. The van der Waals surface area contributed by atoms with Crippen LogP contribution in [0.2, 0.25) is 0 Å². The second kappa shape index (κ2) is 6.66. The van der Waals surface area contributed by atoms with E-state index in [2.05, 4.69) is 21.2 Å². The third-order valence-electron chi connectivity index (χ3n) is 2.92. The molecule has 0 bridgehead atoms. The van der Waals surface area contributed by atoms with E-state index in [-0.39, 0.29) is 11.6 Å². The summed E-state index contributed by atoms with van der Waals surface area (Å²) >= 11 is 3.16. The molecule has 0 aromatic heterocycles. The standard InChI is InChI=1S/C16H15BrFNO/c1-2-6-14(20)19-16-12(9-10-13(17)15(16)18)11-7-4-3-5-8-11/h3-5,7-10H,2,6H2,1H3,(H,19,20). The van der Waals surface area contributed by atoms with Gasteiger partial charge >= 0.3 is 0 Å². The zero-order chi connectivity index (χ0) is 14.5. The summed E-state index contributed by atoms with van der Waals surface area (Å²) in [6.45, 7) is 1.91. The molecule has 0 saturated carbocycles. The molecule has 0 aliphatic heterocycles. The molecular weight excluding hydrogens is 321 g/mol. The van der Waals surface area contributed by atoms with Crippen molar-refractivity contribution in [1.82, 2.24) is 0 Å². The Hall–Kier alpha value is -1.68. The third kappa shape index (κ3) is 3.25. The van der Waals surface area contributed by atoms with E-state index in [0.29, 0.717) is 16.5 Å². The van der Waals surface area contributed by atoms with Gasteiger partial charge in [0.15, 0.2) is 5.82 Å². The summed E-state index contributed by atoms with van der Waals surface area (Å²) in [6.07, 6.45) is 1.10. The fraction of sp³-hybridized carbons (Fsp3) is 0.188. The van der Waals surface area contributed by atoms with E-state index in [1.165, 1.54) is 0 Å². The average molecular weight is 336 g/mol. The number of hydrogen-bond acceptors (Lipinski definition) is 1. The Morgan fingerprint density at radius 3 is 2.55 bits per heavy atom. The van der Waals surface area contributed by atoms with Crippen LogP contribution in [0, 0.1) is 5.82 Å². The summed E-state index contributed by atoms with van der Waals surface area (Å²) in [5, 5.41) is 2.68. The van der Waals surface area contributed by atoms with E-state index in [1.54, 1.807) is 12.1 Å². The number of halogens is 2. The van der Waals surface area contributed by atoms with Gasteiger partial charge in [0.05, 0.1) is 10.2 Å². The van der Waals surface area contributed by atoms with Crippen molar-refractivity contribution in [3.05, 3.63) is 52.8 Å². The average Bonchev–Trinajstić information content (AvgIpc) is 2.45. The van der Waals surface area contributed by atoms with E-state index in [9.17, 15) is 9.18 Å². The van der Waals surface area contributed by atoms with Gasteiger partial charge in [-0.3, -0.25) is 4.79 Å². The molecule has 4 heteroatoms. The maximum absolute atomic E-state index is 14.3. The van der Waals surface area contributed by atoms with Crippen LogP contribution in [-0.2, 0) is 4.79 Å². The molecular formula is C16H15BrFNO. The molecule has 2 rings (SSSR count). The summed E-state index contributed by atoms with van der Waals surface area (Å²) in [4.78, 5) is 11.8. The molecule has 0 aliphatic rings. The molecule has 2 aromatic carbocycles. The Bertz CT molecular complexity index is 613. The number of carbonyl (C=O) groups excluding carboxylic acids is 1. The lowest BCUT2D eigenvalue weighted by molar-refractivity contribution is -0.116. The highest BCUT2D eigenvalue weighted by Crippen LogP contribution is 2.34. The molecule has 0 atom stereocenters. The van der Waals surface area contributed by atoms with Gasteiger partial charge in [0, 0.05) is 12.0 Å². The summed E-state index contributed by atoms with van der Waals surface area (Å²) in [6, 6.07) is 12.9. The van der Waals surface area contributed by atoms with Crippen LogP contribution in [0.25, 0.3) is 11.1 Å². The van der Waals surface area contributed by atoms with Crippen LogP contribution < -0.4 is 5.32 Å². The molecule has 0 saturated heterocycles. The van der Waals surface area contributed by atoms with E-state index < -0.39 is 5.82 Å². The highest BCUT2D eigenvalue weighted by Gasteiger charge is 2.15. The number of benzene rings is 2. The lowest BCUT2D eigenvalue weighted by Gasteiger charge is -2.13. The maximum Gasteiger partial charge on any atom is 0.224 e. The van der Waals surface area contributed by atoms with Crippen molar-refractivity contribution < 1.29 is 9.18 Å². The Kier molecular flexibility index (Phi) is 4.90. The SMILES string of the molecule is CCCC(=O)Nc1c(-c2ccccc2)ccc(Br)c1F. The van der Waals surface area contributed by atoms with Crippen LogP contribution in [0.5, 0.6) is 0 Å². The number of amides is 1. The number of nitrogens with one attached hydrogen (secondary N) is 1.